The van der Waals surface area contributed by atoms with Crippen LogP contribution in [-0.2, 0) is 4.74 Å². The fraction of sp³-hybridized carbons (Fsp3) is 0.500. The minimum absolute atomic E-state index is 0.990. The highest BCUT2D eigenvalue weighted by molar-refractivity contribution is 5.85. The minimum Gasteiger partial charge on any atom is -0.501 e. The third-order valence-electron chi connectivity index (χ3n) is 3.21. The molecular weight excluding hydrogens is 198 g/mol. The van der Waals surface area contributed by atoms with Crippen LogP contribution in [0.15, 0.2) is 39.1 Å². The van der Waals surface area contributed by atoms with E-state index >= 15 is 0 Å². The van der Waals surface area contributed by atoms with Gasteiger partial charge in [0.25, 0.3) is 0 Å². The Labute approximate surface area is 98.4 Å². The van der Waals surface area contributed by atoms with Gasteiger partial charge in [-0.1, -0.05) is 6.08 Å². The maximum atomic E-state index is 5.39. The second-order valence-corrected chi connectivity index (χ2v) is 3.99. The summed E-state index contributed by atoms with van der Waals surface area (Å²) in [6.07, 6.45) is 6.09. The summed E-state index contributed by atoms with van der Waals surface area (Å²) in [6.45, 7) is 6.35. The number of ether oxygens (including phenoxy) is 1. The van der Waals surface area contributed by atoms with E-state index in [4.69, 9.17) is 4.74 Å². The lowest BCUT2D eigenvalue weighted by Gasteiger charge is -2.22. The first-order valence-electron chi connectivity index (χ1n) is 5.68. The molecule has 0 N–H and O–H groups in total. The fourth-order valence-corrected chi connectivity index (χ4v) is 2.13. The molecule has 0 aromatic carbocycles. The summed E-state index contributed by atoms with van der Waals surface area (Å²) >= 11 is 0. The molecule has 2 heteroatoms. The molecule has 0 radical (unpaired) electrons. The second-order valence-electron chi connectivity index (χ2n) is 3.99. The zero-order valence-corrected chi connectivity index (χ0v) is 10.9. The Bertz CT molecular complexity index is 384. The van der Waals surface area contributed by atoms with E-state index < -0.39 is 0 Å². The third-order valence-corrected chi connectivity index (χ3v) is 3.21. The fourth-order valence-electron chi connectivity index (χ4n) is 2.13. The van der Waals surface area contributed by atoms with Crippen LogP contribution in [0.3, 0.4) is 0 Å². The van der Waals surface area contributed by atoms with Gasteiger partial charge in [-0.3, -0.25) is 4.99 Å². The number of nitrogens with zero attached hydrogens (tertiary/aromatic N) is 1. The highest BCUT2D eigenvalue weighted by Gasteiger charge is 2.17. The van der Waals surface area contributed by atoms with Gasteiger partial charge in [-0.2, -0.15) is 0 Å². The summed E-state index contributed by atoms with van der Waals surface area (Å²) in [4.78, 5) is 4.11. The summed E-state index contributed by atoms with van der Waals surface area (Å²) in [6, 6.07) is 0. The summed E-state index contributed by atoms with van der Waals surface area (Å²) in [5, 5.41) is 0. The lowest BCUT2D eigenvalue weighted by Crippen LogP contribution is -2.06. The summed E-state index contributed by atoms with van der Waals surface area (Å²) < 4.78 is 5.39. The predicted octanol–water partition coefficient (Wildman–Crippen LogP) is 3.66. The van der Waals surface area contributed by atoms with Crippen molar-refractivity contribution in [2.24, 2.45) is 4.99 Å². The van der Waals surface area contributed by atoms with Crippen molar-refractivity contribution in [2.75, 3.05) is 14.2 Å². The van der Waals surface area contributed by atoms with Gasteiger partial charge < -0.3 is 4.74 Å². The van der Waals surface area contributed by atoms with Crippen molar-refractivity contribution in [1.82, 2.24) is 0 Å². The standard InChI is InChI=1S/C14H21NO/c1-6-12(9-15-4)13-7-8-14(16-5)11(3)10(13)2/h6,9H,7-8H2,1-5H3/b12-6+,15-9-. The van der Waals surface area contributed by atoms with Crippen molar-refractivity contribution < 1.29 is 4.74 Å². The first-order valence-corrected chi connectivity index (χ1v) is 5.68. The largest absolute Gasteiger partial charge is 0.501 e. The van der Waals surface area contributed by atoms with Gasteiger partial charge in [0.2, 0.25) is 0 Å². The minimum atomic E-state index is 0.990. The summed E-state index contributed by atoms with van der Waals surface area (Å²) in [5.74, 6) is 1.12. The monoisotopic (exact) mass is 219 g/mol. The molecule has 0 fully saturated rings. The van der Waals surface area contributed by atoms with E-state index in [1.165, 1.54) is 22.3 Å². The van der Waals surface area contributed by atoms with Crippen molar-refractivity contribution in [3.05, 3.63) is 34.1 Å². The van der Waals surface area contributed by atoms with E-state index in [-0.39, 0.29) is 0 Å². The van der Waals surface area contributed by atoms with Crippen LogP contribution < -0.4 is 0 Å². The topological polar surface area (TPSA) is 21.6 Å². The second kappa shape index (κ2) is 5.69. The zero-order valence-electron chi connectivity index (χ0n) is 10.9. The van der Waals surface area contributed by atoms with Crippen molar-refractivity contribution in [1.29, 1.82) is 0 Å². The molecule has 1 aliphatic carbocycles. The van der Waals surface area contributed by atoms with Crippen molar-refractivity contribution in [3.63, 3.8) is 0 Å². The zero-order chi connectivity index (χ0) is 12.1. The molecule has 0 bridgehead atoms. The number of methoxy groups -OCH3 is 1. The Morgan fingerprint density at radius 3 is 2.44 bits per heavy atom. The quantitative estimate of drug-likeness (QED) is 0.664. The van der Waals surface area contributed by atoms with Gasteiger partial charge in [0, 0.05) is 19.7 Å². The molecule has 2 nitrogen and oxygen atoms in total. The van der Waals surface area contributed by atoms with Crippen LogP contribution in [0.5, 0.6) is 0 Å². The third kappa shape index (κ3) is 2.43. The SMILES string of the molecule is C/C=C(\C=N/C)C1=C(C)C(C)=C(OC)CC1. The smallest absolute Gasteiger partial charge is 0.0990 e. The van der Waals surface area contributed by atoms with E-state index in [0.29, 0.717) is 0 Å². The Balaban J connectivity index is 3.16. The van der Waals surface area contributed by atoms with Gasteiger partial charge in [-0.25, -0.2) is 0 Å². The van der Waals surface area contributed by atoms with E-state index in [1.807, 2.05) is 13.3 Å². The van der Waals surface area contributed by atoms with Crippen LogP contribution in [0.25, 0.3) is 0 Å². The lowest BCUT2D eigenvalue weighted by molar-refractivity contribution is 0.271. The molecule has 0 atom stereocenters. The lowest BCUT2D eigenvalue weighted by atomic mass is 9.87. The molecule has 88 valence electrons. The van der Waals surface area contributed by atoms with Crippen LogP contribution in [-0.4, -0.2) is 20.4 Å². The molecule has 0 saturated heterocycles. The molecule has 0 heterocycles. The Morgan fingerprint density at radius 1 is 1.25 bits per heavy atom. The molecule has 0 aromatic heterocycles. The van der Waals surface area contributed by atoms with Gasteiger partial charge in [0.05, 0.1) is 12.9 Å². The van der Waals surface area contributed by atoms with Crippen LogP contribution in [0.4, 0.5) is 0 Å². The van der Waals surface area contributed by atoms with Crippen LogP contribution in [0, 0.1) is 0 Å². The maximum Gasteiger partial charge on any atom is 0.0990 e. The number of hydrogen-bond donors (Lipinski definition) is 0. The molecule has 0 spiro atoms. The van der Waals surface area contributed by atoms with Gasteiger partial charge >= 0.3 is 0 Å². The van der Waals surface area contributed by atoms with Crippen molar-refractivity contribution in [3.8, 4) is 0 Å². The van der Waals surface area contributed by atoms with E-state index in [9.17, 15) is 0 Å². The molecule has 0 saturated carbocycles. The number of allylic oxidation sites excluding steroid dienone is 6. The van der Waals surface area contributed by atoms with Gasteiger partial charge in [0.1, 0.15) is 0 Å². The van der Waals surface area contributed by atoms with Gasteiger partial charge in [0.15, 0.2) is 0 Å². The van der Waals surface area contributed by atoms with Crippen molar-refractivity contribution in [2.45, 2.75) is 33.6 Å². The average molecular weight is 219 g/mol. The highest BCUT2D eigenvalue weighted by Crippen LogP contribution is 2.33. The molecule has 0 unspecified atom stereocenters. The van der Waals surface area contributed by atoms with Gasteiger partial charge in [-0.05, 0) is 49.5 Å². The van der Waals surface area contributed by atoms with Crippen LogP contribution in [0.2, 0.25) is 0 Å². The van der Waals surface area contributed by atoms with E-state index in [2.05, 4.69) is 31.8 Å². The highest BCUT2D eigenvalue weighted by atomic mass is 16.5. The predicted molar refractivity (Wildman–Crippen MR) is 69.8 cm³/mol. The summed E-state index contributed by atoms with van der Waals surface area (Å²) in [7, 11) is 3.56. The number of rotatable bonds is 3. The van der Waals surface area contributed by atoms with E-state index in [0.717, 1.165) is 18.6 Å². The van der Waals surface area contributed by atoms with Crippen LogP contribution in [0.1, 0.15) is 33.6 Å². The number of hydrogen-bond acceptors (Lipinski definition) is 2. The molecular formula is C14H21NO. The normalized spacial score (nSPS) is 18.7. The first-order chi connectivity index (χ1) is 7.65. The average Bonchev–Trinajstić information content (AvgIpc) is 2.30. The molecule has 16 heavy (non-hydrogen) atoms. The Hall–Kier alpha value is -1.31. The summed E-state index contributed by atoms with van der Waals surface area (Å²) in [5.41, 5.74) is 5.23. The van der Waals surface area contributed by atoms with Crippen LogP contribution >= 0.6 is 0 Å². The van der Waals surface area contributed by atoms with Crippen molar-refractivity contribution >= 4 is 6.21 Å². The Morgan fingerprint density at radius 2 is 1.94 bits per heavy atom. The molecule has 1 aliphatic rings. The molecule has 1 rings (SSSR count). The first kappa shape index (κ1) is 12.8. The van der Waals surface area contributed by atoms with Gasteiger partial charge in [-0.15, -0.1) is 0 Å². The maximum absolute atomic E-state index is 5.39. The Kier molecular flexibility index (Phi) is 4.53. The molecule has 0 aliphatic heterocycles. The number of aliphatic imine (C=N–C) groups is 1. The molecule has 0 amide bonds. The van der Waals surface area contributed by atoms with E-state index in [1.54, 1.807) is 7.11 Å². The molecule has 0 aromatic rings.